The zero-order valence-corrected chi connectivity index (χ0v) is 16.4. The topological polar surface area (TPSA) is 84.0 Å². The highest BCUT2D eigenvalue weighted by atomic mass is 16.5. The summed E-state index contributed by atoms with van der Waals surface area (Å²) in [6.45, 7) is 4.22. The van der Waals surface area contributed by atoms with Gasteiger partial charge in [-0.1, -0.05) is 30.3 Å². The average Bonchev–Trinajstić information content (AvgIpc) is 2.73. The van der Waals surface area contributed by atoms with Crippen LogP contribution in [-0.2, 0) is 11.3 Å². The Labute approximate surface area is 166 Å². The van der Waals surface area contributed by atoms with Crippen LogP contribution >= 0.6 is 0 Å². The molecule has 2 aromatic rings. The molecule has 150 valence electrons. The third-order valence-electron chi connectivity index (χ3n) is 3.73. The number of hydrogen-bond acceptors (Lipinski definition) is 4. The highest BCUT2D eigenvalue weighted by Gasteiger charge is 2.03. The molecule has 0 aliphatic rings. The molecule has 7 nitrogen and oxygen atoms in total. The number of rotatable bonds is 10. The molecular formula is C21H28N4O3. The Kier molecular flexibility index (Phi) is 9.20. The molecule has 0 radical (unpaired) electrons. The molecular weight excluding hydrogens is 356 g/mol. The number of nitrogens with one attached hydrogen (secondary N) is 3. The Morgan fingerprint density at radius 1 is 0.964 bits per heavy atom. The molecule has 0 aliphatic carbocycles. The van der Waals surface area contributed by atoms with Crippen molar-refractivity contribution in [1.29, 1.82) is 0 Å². The van der Waals surface area contributed by atoms with Crippen LogP contribution in [0.1, 0.15) is 12.5 Å². The zero-order chi connectivity index (χ0) is 20.0. The molecule has 3 N–H and O–H groups in total. The molecule has 2 rings (SSSR count). The maximum Gasteiger partial charge on any atom is 0.257 e. The molecule has 0 unspecified atom stereocenters. The van der Waals surface area contributed by atoms with Crippen molar-refractivity contribution in [3.8, 4) is 11.5 Å². The van der Waals surface area contributed by atoms with Gasteiger partial charge in [0.15, 0.2) is 12.6 Å². The lowest BCUT2D eigenvalue weighted by Gasteiger charge is -2.13. The van der Waals surface area contributed by atoms with Crippen LogP contribution in [0.15, 0.2) is 59.6 Å². The fourth-order valence-electron chi connectivity index (χ4n) is 2.40. The van der Waals surface area contributed by atoms with Gasteiger partial charge in [0.1, 0.15) is 18.1 Å². The minimum absolute atomic E-state index is 0.00929. The van der Waals surface area contributed by atoms with Crippen LogP contribution in [0.25, 0.3) is 0 Å². The van der Waals surface area contributed by atoms with Crippen LogP contribution in [0.4, 0.5) is 0 Å². The summed E-state index contributed by atoms with van der Waals surface area (Å²) >= 11 is 0. The van der Waals surface area contributed by atoms with Crippen molar-refractivity contribution in [3.63, 3.8) is 0 Å². The van der Waals surface area contributed by atoms with E-state index in [-0.39, 0.29) is 12.5 Å². The van der Waals surface area contributed by atoms with E-state index in [1.807, 2.05) is 61.5 Å². The molecule has 2 aromatic carbocycles. The molecule has 28 heavy (non-hydrogen) atoms. The summed E-state index contributed by atoms with van der Waals surface area (Å²) < 4.78 is 11.2. The van der Waals surface area contributed by atoms with Crippen molar-refractivity contribution in [1.82, 2.24) is 16.0 Å². The Bertz CT molecular complexity index is 750. The highest BCUT2D eigenvalue weighted by Crippen LogP contribution is 2.13. The molecule has 0 aromatic heterocycles. The van der Waals surface area contributed by atoms with Crippen LogP contribution in [0.3, 0.4) is 0 Å². The Hall–Kier alpha value is -3.22. The first-order valence-electron chi connectivity index (χ1n) is 9.32. The quantitative estimate of drug-likeness (QED) is 0.331. The van der Waals surface area contributed by atoms with Gasteiger partial charge < -0.3 is 25.4 Å². The number of aliphatic imine (C=N–C) groups is 1. The van der Waals surface area contributed by atoms with Gasteiger partial charge in [-0.3, -0.25) is 9.79 Å². The molecule has 0 fully saturated rings. The van der Waals surface area contributed by atoms with Gasteiger partial charge in [-0.15, -0.1) is 0 Å². The van der Waals surface area contributed by atoms with Gasteiger partial charge >= 0.3 is 0 Å². The largest absolute Gasteiger partial charge is 0.492 e. The van der Waals surface area contributed by atoms with Crippen molar-refractivity contribution < 1.29 is 14.3 Å². The highest BCUT2D eigenvalue weighted by molar-refractivity contribution is 5.79. The van der Waals surface area contributed by atoms with E-state index in [2.05, 4.69) is 20.9 Å². The molecule has 0 atom stereocenters. The second kappa shape index (κ2) is 12.2. The summed E-state index contributed by atoms with van der Waals surface area (Å²) in [5, 5.41) is 9.16. The molecule has 1 amide bonds. The van der Waals surface area contributed by atoms with E-state index in [9.17, 15) is 4.79 Å². The minimum atomic E-state index is -0.131. The molecule has 0 saturated heterocycles. The summed E-state index contributed by atoms with van der Waals surface area (Å²) in [5.41, 5.74) is 1.02. The summed E-state index contributed by atoms with van der Waals surface area (Å²) in [7, 11) is 1.72. The van der Waals surface area contributed by atoms with Crippen LogP contribution in [0.5, 0.6) is 11.5 Å². The lowest BCUT2D eigenvalue weighted by molar-refractivity contribution is -0.122. The van der Waals surface area contributed by atoms with E-state index >= 15 is 0 Å². The Balaban J connectivity index is 1.72. The van der Waals surface area contributed by atoms with E-state index < -0.39 is 0 Å². The van der Waals surface area contributed by atoms with E-state index in [1.54, 1.807) is 7.05 Å². The smallest absolute Gasteiger partial charge is 0.257 e. The fraction of sp³-hybridized carbons (Fsp3) is 0.333. The predicted molar refractivity (Wildman–Crippen MR) is 111 cm³/mol. The van der Waals surface area contributed by atoms with Gasteiger partial charge in [-0.25, -0.2) is 0 Å². The summed E-state index contributed by atoms with van der Waals surface area (Å²) in [6, 6.07) is 17.3. The zero-order valence-electron chi connectivity index (χ0n) is 16.4. The summed E-state index contributed by atoms with van der Waals surface area (Å²) in [6.07, 6.45) is 0. The number of carbonyl (C=O) groups is 1. The maximum absolute atomic E-state index is 11.5. The van der Waals surface area contributed by atoms with E-state index in [4.69, 9.17) is 9.47 Å². The Morgan fingerprint density at radius 2 is 1.75 bits per heavy atom. The number of para-hydroxylation sites is 1. The average molecular weight is 384 g/mol. The lowest BCUT2D eigenvalue weighted by Crippen LogP contribution is -2.38. The monoisotopic (exact) mass is 384 g/mol. The Morgan fingerprint density at radius 3 is 2.50 bits per heavy atom. The van der Waals surface area contributed by atoms with Gasteiger partial charge in [0.25, 0.3) is 5.91 Å². The SMILES string of the molecule is CCNC(=O)COc1cccc(CNC(=NC)NCCOc2ccccc2)c1. The van der Waals surface area contributed by atoms with Crippen LogP contribution in [0, 0.1) is 0 Å². The van der Waals surface area contributed by atoms with Crippen molar-refractivity contribution in [2.75, 3.05) is 33.4 Å². The first-order chi connectivity index (χ1) is 13.7. The first kappa shape index (κ1) is 21.1. The van der Waals surface area contributed by atoms with E-state index in [0.717, 1.165) is 11.3 Å². The predicted octanol–water partition coefficient (Wildman–Crippen LogP) is 1.95. The van der Waals surface area contributed by atoms with Gasteiger partial charge in [-0.2, -0.15) is 0 Å². The second-order valence-electron chi connectivity index (χ2n) is 5.90. The second-order valence-corrected chi connectivity index (χ2v) is 5.90. The van der Waals surface area contributed by atoms with E-state index in [1.165, 1.54) is 0 Å². The fourth-order valence-corrected chi connectivity index (χ4v) is 2.40. The number of amides is 1. The maximum atomic E-state index is 11.5. The van der Waals surface area contributed by atoms with Crippen molar-refractivity contribution in [3.05, 3.63) is 60.2 Å². The van der Waals surface area contributed by atoms with Crippen molar-refractivity contribution in [2.24, 2.45) is 4.99 Å². The van der Waals surface area contributed by atoms with Crippen LogP contribution in [-0.4, -0.2) is 45.2 Å². The minimum Gasteiger partial charge on any atom is -0.492 e. The number of likely N-dealkylation sites (N-methyl/N-ethyl adjacent to an activating group) is 1. The number of hydrogen-bond donors (Lipinski definition) is 3. The van der Waals surface area contributed by atoms with Gasteiger partial charge in [0.2, 0.25) is 0 Å². The summed E-state index contributed by atoms with van der Waals surface area (Å²) in [4.78, 5) is 15.7. The van der Waals surface area contributed by atoms with Crippen molar-refractivity contribution >= 4 is 11.9 Å². The van der Waals surface area contributed by atoms with Crippen LogP contribution in [0.2, 0.25) is 0 Å². The van der Waals surface area contributed by atoms with Gasteiger partial charge in [0.05, 0.1) is 6.54 Å². The van der Waals surface area contributed by atoms with Gasteiger partial charge in [0, 0.05) is 20.1 Å². The standard InChI is InChI=1S/C21H28N4O3/c1-3-23-20(26)16-28-19-11-7-8-17(14-19)15-25-21(22-2)24-12-13-27-18-9-5-4-6-10-18/h4-11,14H,3,12-13,15-16H2,1-2H3,(H,23,26)(H2,22,24,25). The lowest BCUT2D eigenvalue weighted by atomic mass is 10.2. The normalized spacial score (nSPS) is 10.9. The van der Waals surface area contributed by atoms with Gasteiger partial charge in [-0.05, 0) is 36.8 Å². The number of nitrogens with zero attached hydrogens (tertiary/aromatic N) is 1. The number of guanidine groups is 1. The third-order valence-corrected chi connectivity index (χ3v) is 3.73. The molecule has 0 heterocycles. The molecule has 7 heteroatoms. The first-order valence-corrected chi connectivity index (χ1v) is 9.32. The number of carbonyl (C=O) groups excluding carboxylic acids is 1. The molecule has 0 aliphatic heterocycles. The van der Waals surface area contributed by atoms with Crippen molar-refractivity contribution in [2.45, 2.75) is 13.5 Å². The molecule has 0 bridgehead atoms. The summed E-state index contributed by atoms with van der Waals surface area (Å²) in [5.74, 6) is 2.06. The molecule has 0 saturated carbocycles. The molecule has 0 spiro atoms. The number of ether oxygens (including phenoxy) is 2. The third kappa shape index (κ3) is 7.99. The van der Waals surface area contributed by atoms with E-state index in [0.29, 0.717) is 38.0 Å². The number of benzene rings is 2. The van der Waals surface area contributed by atoms with Crippen LogP contribution < -0.4 is 25.4 Å².